The van der Waals surface area contributed by atoms with Gasteiger partial charge in [-0.3, -0.25) is 19.6 Å². The van der Waals surface area contributed by atoms with Crippen LogP contribution in [0.2, 0.25) is 15.1 Å². The first-order valence-electron chi connectivity index (χ1n) is 9.46. The maximum atomic E-state index is 14.3. The number of carbonyl (C=O) groups excluding carboxylic acids is 1. The van der Waals surface area contributed by atoms with Gasteiger partial charge in [0, 0.05) is 18.2 Å². The van der Waals surface area contributed by atoms with Crippen molar-refractivity contribution in [1.82, 2.24) is 15.8 Å². The van der Waals surface area contributed by atoms with E-state index in [1.165, 1.54) is 24.4 Å². The summed E-state index contributed by atoms with van der Waals surface area (Å²) in [5.41, 5.74) is 0.731. The number of hydrogen-bond donors (Lipinski definition) is 2. The number of rotatable bonds is 4. The van der Waals surface area contributed by atoms with Crippen LogP contribution in [0.3, 0.4) is 0 Å². The number of hydroxylamine groups is 1. The first kappa shape index (κ1) is 24.2. The van der Waals surface area contributed by atoms with E-state index in [1.54, 1.807) is 6.07 Å². The molecule has 0 aliphatic carbocycles. The van der Waals surface area contributed by atoms with Crippen molar-refractivity contribution < 1.29 is 22.8 Å². The lowest BCUT2D eigenvalue weighted by Gasteiger charge is -2.32. The van der Waals surface area contributed by atoms with E-state index in [0.29, 0.717) is 5.56 Å². The Bertz CT molecular complexity index is 1140. The Balaban J connectivity index is 1.56. The van der Waals surface area contributed by atoms with E-state index in [4.69, 9.17) is 51.9 Å². The number of aromatic nitrogens is 1. The van der Waals surface area contributed by atoms with E-state index < -0.39 is 30.6 Å². The number of nitrogens with zero attached hydrogens (tertiary/aromatic N) is 2. The van der Waals surface area contributed by atoms with Gasteiger partial charge in [-0.1, -0.05) is 47.0 Å². The fraction of sp³-hybridized carbons (Fsp3) is 0.300. The third kappa shape index (κ3) is 4.54. The van der Waals surface area contributed by atoms with E-state index in [1.807, 2.05) is 0 Å². The second-order valence-electron chi connectivity index (χ2n) is 7.51. The van der Waals surface area contributed by atoms with Gasteiger partial charge in [-0.2, -0.15) is 13.2 Å². The summed E-state index contributed by atoms with van der Waals surface area (Å²) in [5.74, 6) is -0.354. The molecular weight excluding hydrogens is 524 g/mol. The third-order valence-corrected chi connectivity index (χ3v) is 7.00. The van der Waals surface area contributed by atoms with Crippen LogP contribution in [0.25, 0.3) is 0 Å². The van der Waals surface area contributed by atoms with Gasteiger partial charge < -0.3 is 5.32 Å². The van der Waals surface area contributed by atoms with Gasteiger partial charge in [0.05, 0.1) is 33.0 Å². The van der Waals surface area contributed by atoms with Crippen molar-refractivity contribution in [3.63, 3.8) is 0 Å². The first-order valence-corrected chi connectivity index (χ1v) is 11.0. The van der Waals surface area contributed by atoms with Crippen molar-refractivity contribution in [2.45, 2.75) is 24.1 Å². The molecule has 2 N–H and O–H groups in total. The molecule has 1 aromatic carbocycles. The number of carbonyl (C=O) groups is 1. The summed E-state index contributed by atoms with van der Waals surface area (Å²) in [7, 11) is 0. The van der Waals surface area contributed by atoms with Gasteiger partial charge in [0.25, 0.3) is 5.91 Å². The molecule has 1 amide bonds. The van der Waals surface area contributed by atoms with E-state index in [2.05, 4.69) is 20.8 Å². The highest BCUT2D eigenvalue weighted by Gasteiger charge is 2.58. The second-order valence-corrected chi connectivity index (χ2v) is 9.11. The monoisotopic (exact) mass is 536 g/mol. The van der Waals surface area contributed by atoms with Crippen LogP contribution in [0.15, 0.2) is 35.5 Å². The molecule has 0 radical (unpaired) electrons. The minimum atomic E-state index is -4.63. The first-order chi connectivity index (χ1) is 15.5. The predicted molar refractivity (Wildman–Crippen MR) is 122 cm³/mol. The summed E-state index contributed by atoms with van der Waals surface area (Å²) < 4.78 is 42.8. The molecule has 33 heavy (non-hydrogen) atoms. The van der Waals surface area contributed by atoms with Crippen LogP contribution in [0.5, 0.6) is 0 Å². The molecular formula is C20H14Cl3F3N4O2S. The number of benzene rings is 1. The summed E-state index contributed by atoms with van der Waals surface area (Å²) in [4.78, 5) is 25.0. The minimum absolute atomic E-state index is 0.0120. The molecule has 2 atom stereocenters. The molecule has 2 aromatic rings. The van der Waals surface area contributed by atoms with Gasteiger partial charge in [-0.05, 0) is 29.8 Å². The smallest absolute Gasteiger partial charge is 0.362 e. The molecule has 4 rings (SSSR count). The summed E-state index contributed by atoms with van der Waals surface area (Å²) in [6.45, 7) is -0.431. The van der Waals surface area contributed by atoms with Crippen molar-refractivity contribution in [2.24, 2.45) is 4.99 Å². The van der Waals surface area contributed by atoms with Crippen molar-refractivity contribution in [2.75, 3.05) is 13.2 Å². The van der Waals surface area contributed by atoms with Gasteiger partial charge >= 0.3 is 6.18 Å². The Hall–Kier alpha value is -1.98. The Morgan fingerprint density at radius 1 is 1.24 bits per heavy atom. The molecule has 2 aliphatic rings. The Morgan fingerprint density at radius 2 is 1.94 bits per heavy atom. The van der Waals surface area contributed by atoms with Crippen molar-refractivity contribution in [1.29, 1.82) is 0 Å². The molecule has 0 bridgehead atoms. The van der Waals surface area contributed by atoms with Crippen LogP contribution in [-0.2, 0) is 15.0 Å². The maximum absolute atomic E-state index is 14.3. The van der Waals surface area contributed by atoms with Gasteiger partial charge in [-0.25, -0.2) is 5.48 Å². The molecule has 0 spiro atoms. The van der Waals surface area contributed by atoms with E-state index >= 15 is 0 Å². The lowest BCUT2D eigenvalue weighted by molar-refractivity contribution is -0.183. The van der Waals surface area contributed by atoms with Gasteiger partial charge in [0.2, 0.25) is 0 Å². The molecule has 1 fully saturated rings. The van der Waals surface area contributed by atoms with Crippen LogP contribution in [0, 0.1) is 0 Å². The lowest BCUT2D eigenvalue weighted by atomic mass is 9.77. The molecule has 6 nitrogen and oxygen atoms in total. The highest BCUT2D eigenvalue weighted by atomic mass is 35.5. The summed E-state index contributed by atoms with van der Waals surface area (Å²) in [5, 5.41) is 2.69. The van der Waals surface area contributed by atoms with Crippen LogP contribution in [0.4, 0.5) is 13.2 Å². The minimum Gasteiger partial charge on any atom is -0.362 e. The zero-order valence-electron chi connectivity index (χ0n) is 16.5. The zero-order chi connectivity index (χ0) is 24.0. The third-order valence-electron chi connectivity index (χ3n) is 5.45. The van der Waals surface area contributed by atoms with Crippen molar-refractivity contribution in [3.05, 3.63) is 62.4 Å². The number of aliphatic imine (C=N–C) groups is 1. The van der Waals surface area contributed by atoms with Gasteiger partial charge in [0.15, 0.2) is 0 Å². The Morgan fingerprint density at radius 3 is 2.48 bits per heavy atom. The van der Waals surface area contributed by atoms with E-state index in [-0.39, 0.29) is 49.5 Å². The zero-order valence-corrected chi connectivity index (χ0v) is 19.6. The number of thiocarbonyl (C=S) groups is 1. The Labute approximate surface area is 206 Å². The number of nitrogens with one attached hydrogen (secondary N) is 2. The van der Waals surface area contributed by atoms with Gasteiger partial charge in [-0.15, -0.1) is 0 Å². The molecule has 13 heteroatoms. The maximum Gasteiger partial charge on any atom is 0.400 e. The number of halogens is 6. The van der Waals surface area contributed by atoms with Crippen LogP contribution in [-0.4, -0.2) is 47.0 Å². The number of pyridine rings is 1. The van der Waals surface area contributed by atoms with Crippen LogP contribution >= 0.6 is 47.0 Å². The van der Waals surface area contributed by atoms with Gasteiger partial charge in [0.1, 0.15) is 23.1 Å². The van der Waals surface area contributed by atoms with Crippen LogP contribution in [0.1, 0.15) is 23.2 Å². The molecule has 2 aliphatic heterocycles. The van der Waals surface area contributed by atoms with E-state index in [9.17, 15) is 18.0 Å². The largest absolute Gasteiger partial charge is 0.400 e. The average molecular weight is 538 g/mol. The predicted octanol–water partition coefficient (Wildman–Crippen LogP) is 4.43. The van der Waals surface area contributed by atoms with Crippen molar-refractivity contribution >= 4 is 63.6 Å². The summed E-state index contributed by atoms with van der Waals surface area (Å²) in [6.07, 6.45) is -3.67. The fourth-order valence-corrected chi connectivity index (χ4v) is 4.43. The van der Waals surface area contributed by atoms with Crippen molar-refractivity contribution in [3.8, 4) is 0 Å². The quantitative estimate of drug-likeness (QED) is 0.446. The average Bonchev–Trinajstić information content (AvgIpc) is 3.39. The molecule has 3 heterocycles. The summed E-state index contributed by atoms with van der Waals surface area (Å²) in [6, 6.07) is 4.83. The molecule has 0 saturated carbocycles. The number of amides is 1. The lowest BCUT2D eigenvalue weighted by Crippen LogP contribution is -2.43. The fourth-order valence-electron chi connectivity index (χ4n) is 3.57. The number of alkyl halides is 3. The highest BCUT2D eigenvalue weighted by Crippen LogP contribution is 2.49. The molecule has 174 valence electrons. The summed E-state index contributed by atoms with van der Waals surface area (Å²) >= 11 is 23.2. The SMILES string of the molecule is O=C1NOCC1NC(=S)c1ccc(C2=NCC(c3cc(Cl)c(Cl)c(Cl)c3)(C(F)(F)F)C2)nc1. The Kier molecular flexibility index (Phi) is 6.58. The molecule has 1 saturated heterocycles. The molecule has 2 unspecified atom stereocenters. The topological polar surface area (TPSA) is 75.6 Å². The highest BCUT2D eigenvalue weighted by molar-refractivity contribution is 7.80. The van der Waals surface area contributed by atoms with E-state index in [0.717, 1.165) is 0 Å². The number of hydrogen-bond acceptors (Lipinski definition) is 5. The van der Waals surface area contributed by atoms with Crippen LogP contribution < -0.4 is 10.8 Å². The standard InChI is InChI=1S/C20H14Cl3F3N4O2S/c21-11-3-10(4-12(22)16(11)23)19(20(24,25)26)5-14(28-8-19)13-2-1-9(6-27-13)18(33)29-15-7-32-30-17(15)31/h1-4,6,15H,5,7-8H2,(H,29,33)(H,30,31). The normalized spacial score (nSPS) is 22.8. The second kappa shape index (κ2) is 8.99. The molecule has 1 aromatic heterocycles.